The molecule has 0 aromatic heterocycles. The van der Waals surface area contributed by atoms with E-state index in [0.29, 0.717) is 5.75 Å². The van der Waals surface area contributed by atoms with E-state index >= 15 is 0 Å². The van der Waals surface area contributed by atoms with Crippen molar-refractivity contribution in [1.82, 2.24) is 5.32 Å². The summed E-state index contributed by atoms with van der Waals surface area (Å²) >= 11 is 0. The highest BCUT2D eigenvalue weighted by Crippen LogP contribution is 2.33. The third-order valence-electron chi connectivity index (χ3n) is 4.72. The summed E-state index contributed by atoms with van der Waals surface area (Å²) in [6.45, 7) is 1.61. The number of carbonyl (C=O) groups is 1. The summed E-state index contributed by atoms with van der Waals surface area (Å²) in [5.74, 6) is 0.229. The van der Waals surface area contributed by atoms with Crippen LogP contribution in [0.3, 0.4) is 0 Å². The van der Waals surface area contributed by atoms with Gasteiger partial charge >= 0.3 is 0 Å². The number of hydrogen-bond acceptors (Lipinski definition) is 5. The van der Waals surface area contributed by atoms with Crippen molar-refractivity contribution >= 4 is 11.6 Å². The van der Waals surface area contributed by atoms with Gasteiger partial charge in [-0.1, -0.05) is 24.3 Å². The van der Waals surface area contributed by atoms with Gasteiger partial charge in [0.1, 0.15) is 0 Å². The van der Waals surface area contributed by atoms with E-state index in [4.69, 9.17) is 9.47 Å². The normalized spacial score (nSPS) is 16.7. The molecule has 1 amide bonds. The summed E-state index contributed by atoms with van der Waals surface area (Å²) in [6, 6.07) is 12.1. The number of carbonyl (C=O) groups excluding carboxylic acids is 1. The monoisotopic (exact) mass is 370 g/mol. The van der Waals surface area contributed by atoms with E-state index in [1.54, 1.807) is 6.92 Å². The molecular weight excluding hydrogens is 348 g/mol. The van der Waals surface area contributed by atoms with Crippen LogP contribution in [0.15, 0.2) is 42.5 Å². The largest absolute Gasteiger partial charge is 0.493 e. The van der Waals surface area contributed by atoms with Gasteiger partial charge in [-0.2, -0.15) is 0 Å². The zero-order valence-corrected chi connectivity index (χ0v) is 15.3. The Bertz CT molecular complexity index is 852. The number of aryl methyl sites for hydroxylation is 1. The molecule has 0 saturated carbocycles. The number of nitrogens with one attached hydrogen (secondary N) is 1. The second-order valence-corrected chi connectivity index (χ2v) is 6.50. The van der Waals surface area contributed by atoms with Gasteiger partial charge in [-0.05, 0) is 43.4 Å². The highest BCUT2D eigenvalue weighted by molar-refractivity contribution is 5.81. The number of methoxy groups -OCH3 is 1. The number of nitro groups is 1. The average molecular weight is 370 g/mol. The van der Waals surface area contributed by atoms with Crippen LogP contribution >= 0.6 is 0 Å². The lowest BCUT2D eigenvalue weighted by molar-refractivity contribution is -0.385. The van der Waals surface area contributed by atoms with Gasteiger partial charge in [0.25, 0.3) is 11.6 Å². The summed E-state index contributed by atoms with van der Waals surface area (Å²) in [7, 11) is 1.44. The van der Waals surface area contributed by atoms with Crippen molar-refractivity contribution in [3.8, 4) is 11.5 Å². The van der Waals surface area contributed by atoms with E-state index in [1.807, 2.05) is 18.2 Å². The number of non-ortho nitro benzene ring substituents is 1. The van der Waals surface area contributed by atoms with E-state index in [9.17, 15) is 14.9 Å². The molecular formula is C20H22N2O5. The fourth-order valence-electron chi connectivity index (χ4n) is 3.31. The molecule has 1 N–H and O–H groups in total. The lowest BCUT2D eigenvalue weighted by Gasteiger charge is -2.27. The molecule has 3 rings (SSSR count). The summed E-state index contributed by atoms with van der Waals surface area (Å²) in [6.07, 6.45) is 2.07. The standard InChI is InChI=1S/C20H22N2O5/c1-13(27-19-12-15(22(24)25)10-11-18(19)26-2)20(23)21-17-9-5-7-14-6-3-4-8-16(14)17/h3-4,6,8,10-13,17H,5,7,9H2,1-2H3,(H,21,23)/t13-,17-/m0/s1. The van der Waals surface area contributed by atoms with E-state index in [1.165, 1.54) is 30.9 Å². The van der Waals surface area contributed by atoms with Gasteiger partial charge in [-0.25, -0.2) is 0 Å². The Morgan fingerprint density at radius 3 is 2.78 bits per heavy atom. The quantitative estimate of drug-likeness (QED) is 0.620. The third-order valence-corrected chi connectivity index (χ3v) is 4.72. The van der Waals surface area contributed by atoms with Gasteiger partial charge in [-0.15, -0.1) is 0 Å². The molecule has 0 unspecified atom stereocenters. The summed E-state index contributed by atoms with van der Waals surface area (Å²) < 4.78 is 10.9. The van der Waals surface area contributed by atoms with Gasteiger partial charge in [0.05, 0.1) is 24.1 Å². The number of nitro benzene ring substituents is 1. The zero-order valence-electron chi connectivity index (χ0n) is 15.3. The molecule has 0 saturated heterocycles. The lowest BCUT2D eigenvalue weighted by Crippen LogP contribution is -2.39. The van der Waals surface area contributed by atoms with Gasteiger partial charge in [0.15, 0.2) is 17.6 Å². The lowest BCUT2D eigenvalue weighted by atomic mass is 9.87. The number of amides is 1. The second-order valence-electron chi connectivity index (χ2n) is 6.50. The molecule has 2 aromatic carbocycles. The minimum absolute atomic E-state index is 0.0551. The Morgan fingerprint density at radius 1 is 1.26 bits per heavy atom. The van der Waals surface area contributed by atoms with Crippen LogP contribution in [-0.2, 0) is 11.2 Å². The molecule has 1 aliphatic carbocycles. The van der Waals surface area contributed by atoms with Gasteiger partial charge in [0, 0.05) is 6.07 Å². The number of ether oxygens (including phenoxy) is 2. The maximum absolute atomic E-state index is 12.6. The molecule has 2 atom stereocenters. The Morgan fingerprint density at radius 2 is 2.04 bits per heavy atom. The third kappa shape index (κ3) is 4.19. The van der Waals surface area contributed by atoms with Crippen LogP contribution in [-0.4, -0.2) is 24.0 Å². The topological polar surface area (TPSA) is 90.7 Å². The Kier molecular flexibility index (Phi) is 5.59. The summed E-state index contributed by atoms with van der Waals surface area (Å²) in [5.41, 5.74) is 2.26. The van der Waals surface area contributed by atoms with Crippen LogP contribution in [0.25, 0.3) is 0 Å². The summed E-state index contributed by atoms with van der Waals surface area (Å²) in [5, 5.41) is 14.0. The van der Waals surface area contributed by atoms with Crippen molar-refractivity contribution < 1.29 is 19.2 Å². The van der Waals surface area contributed by atoms with Crippen LogP contribution in [0.5, 0.6) is 11.5 Å². The SMILES string of the molecule is COc1ccc([N+](=O)[O-])cc1O[C@@H](C)C(=O)N[C@H]1CCCc2ccccc21. The van der Waals surface area contributed by atoms with Crippen LogP contribution in [0.2, 0.25) is 0 Å². The maximum Gasteiger partial charge on any atom is 0.273 e. The van der Waals surface area contributed by atoms with Crippen molar-refractivity contribution in [3.05, 3.63) is 63.7 Å². The molecule has 27 heavy (non-hydrogen) atoms. The van der Waals surface area contributed by atoms with E-state index in [-0.39, 0.29) is 23.4 Å². The number of benzene rings is 2. The highest BCUT2D eigenvalue weighted by Gasteiger charge is 2.25. The predicted octanol–water partition coefficient (Wildman–Crippen LogP) is 3.56. The highest BCUT2D eigenvalue weighted by atomic mass is 16.6. The molecule has 142 valence electrons. The average Bonchev–Trinajstić information content (AvgIpc) is 2.68. The predicted molar refractivity (Wildman–Crippen MR) is 100 cm³/mol. The fraction of sp³-hybridized carbons (Fsp3) is 0.350. The Labute approximate surface area is 157 Å². The van der Waals surface area contributed by atoms with Crippen LogP contribution in [0, 0.1) is 10.1 Å². The Hall–Kier alpha value is -3.09. The van der Waals surface area contributed by atoms with E-state index < -0.39 is 11.0 Å². The first-order chi connectivity index (χ1) is 13.0. The smallest absolute Gasteiger partial charge is 0.273 e. The number of fused-ring (bicyclic) bond motifs is 1. The van der Waals surface area contributed by atoms with Gasteiger partial charge in [-0.3, -0.25) is 14.9 Å². The van der Waals surface area contributed by atoms with Crippen molar-refractivity contribution in [2.75, 3.05) is 7.11 Å². The molecule has 0 aliphatic heterocycles. The van der Waals surface area contributed by atoms with Gasteiger partial charge < -0.3 is 14.8 Å². The molecule has 0 fully saturated rings. The molecule has 7 heteroatoms. The van der Waals surface area contributed by atoms with E-state index in [0.717, 1.165) is 24.8 Å². The van der Waals surface area contributed by atoms with Gasteiger partial charge in [0.2, 0.25) is 0 Å². The fourth-order valence-corrected chi connectivity index (χ4v) is 3.31. The number of rotatable bonds is 6. The zero-order chi connectivity index (χ0) is 19.4. The van der Waals surface area contributed by atoms with Crippen molar-refractivity contribution in [1.29, 1.82) is 0 Å². The molecule has 0 radical (unpaired) electrons. The minimum Gasteiger partial charge on any atom is -0.493 e. The van der Waals surface area contributed by atoms with Crippen LogP contribution in [0.1, 0.15) is 36.9 Å². The number of nitrogens with zero attached hydrogens (tertiary/aromatic N) is 1. The van der Waals surface area contributed by atoms with Crippen molar-refractivity contribution in [2.24, 2.45) is 0 Å². The molecule has 1 aliphatic rings. The van der Waals surface area contributed by atoms with Crippen molar-refractivity contribution in [3.63, 3.8) is 0 Å². The minimum atomic E-state index is -0.824. The van der Waals surface area contributed by atoms with Crippen LogP contribution in [0.4, 0.5) is 5.69 Å². The maximum atomic E-state index is 12.6. The molecule has 0 heterocycles. The molecule has 7 nitrogen and oxygen atoms in total. The molecule has 0 bridgehead atoms. The molecule has 2 aromatic rings. The summed E-state index contributed by atoms with van der Waals surface area (Å²) in [4.78, 5) is 23.1. The number of hydrogen-bond donors (Lipinski definition) is 1. The second kappa shape index (κ2) is 8.07. The first kappa shape index (κ1) is 18.7. The van der Waals surface area contributed by atoms with Crippen LogP contribution < -0.4 is 14.8 Å². The first-order valence-corrected chi connectivity index (χ1v) is 8.87. The Balaban J connectivity index is 1.72. The van der Waals surface area contributed by atoms with Crippen molar-refractivity contribution in [2.45, 2.75) is 38.3 Å². The van der Waals surface area contributed by atoms with E-state index in [2.05, 4.69) is 11.4 Å². The molecule has 0 spiro atoms. The first-order valence-electron chi connectivity index (χ1n) is 8.87.